The van der Waals surface area contributed by atoms with E-state index in [2.05, 4.69) is 28.1 Å². The molecule has 0 unspecified atom stereocenters. The molecular formula is C13H11BrN2O4. The molecule has 2 rings (SSSR count). The minimum Gasteiger partial charge on any atom is -0.258 e. The van der Waals surface area contributed by atoms with Crippen LogP contribution < -0.4 is 0 Å². The van der Waals surface area contributed by atoms with Gasteiger partial charge in [0.2, 0.25) is 0 Å². The Balaban J connectivity index is 0.000000217. The Morgan fingerprint density at radius 3 is 1.45 bits per heavy atom. The molecular weight excluding hydrogens is 328 g/mol. The molecule has 7 heteroatoms. The van der Waals surface area contributed by atoms with E-state index in [4.69, 9.17) is 0 Å². The van der Waals surface area contributed by atoms with Gasteiger partial charge in [-0.15, -0.1) is 0 Å². The molecule has 2 aromatic rings. The molecule has 0 aliphatic heterocycles. The van der Waals surface area contributed by atoms with Crippen LogP contribution in [0.5, 0.6) is 0 Å². The average Bonchev–Trinajstić information content (AvgIpc) is 2.48. The first-order valence-corrected chi connectivity index (χ1v) is 6.65. The Labute approximate surface area is 123 Å². The molecule has 0 heterocycles. The van der Waals surface area contributed by atoms with Crippen LogP contribution in [0.25, 0.3) is 0 Å². The largest absolute Gasteiger partial charge is 0.269 e. The number of nitro benzene ring substituents is 2. The summed E-state index contributed by atoms with van der Waals surface area (Å²) in [6.07, 6.45) is 0. The van der Waals surface area contributed by atoms with E-state index >= 15 is 0 Å². The van der Waals surface area contributed by atoms with Crippen molar-refractivity contribution in [1.82, 2.24) is 0 Å². The molecule has 0 aliphatic rings. The van der Waals surface area contributed by atoms with E-state index in [0.717, 1.165) is 29.6 Å². The second-order valence-electron chi connectivity index (χ2n) is 3.65. The number of nitro groups is 2. The molecule has 2 aromatic carbocycles. The quantitative estimate of drug-likeness (QED) is 0.479. The number of rotatable bonds is 3. The molecule has 0 amide bonds. The van der Waals surface area contributed by atoms with Gasteiger partial charge in [0.25, 0.3) is 11.4 Å². The molecule has 0 fully saturated rings. The van der Waals surface area contributed by atoms with Gasteiger partial charge in [-0.05, 0) is 5.56 Å². The first-order chi connectivity index (χ1) is 9.54. The molecule has 0 aromatic heterocycles. The first-order valence-electron chi connectivity index (χ1n) is 5.53. The fourth-order valence-electron chi connectivity index (χ4n) is 1.26. The minimum absolute atomic E-state index is 0.152. The minimum atomic E-state index is -0.607. The van der Waals surface area contributed by atoms with E-state index in [1.807, 2.05) is 18.2 Å². The summed E-state index contributed by atoms with van der Waals surface area (Å²) in [5.41, 5.74) is 1.02. The van der Waals surface area contributed by atoms with Crippen molar-refractivity contribution in [3.8, 4) is 0 Å². The van der Waals surface area contributed by atoms with Crippen LogP contribution >= 0.6 is 15.9 Å². The summed E-state index contributed by atoms with van der Waals surface area (Å²) in [5.74, 6) is 0. The number of halogens is 1. The van der Waals surface area contributed by atoms with Gasteiger partial charge in [0.1, 0.15) is 0 Å². The predicted octanol–water partition coefficient (Wildman–Crippen LogP) is 4.08. The lowest BCUT2D eigenvalue weighted by atomic mass is 10.2. The van der Waals surface area contributed by atoms with Crippen molar-refractivity contribution < 1.29 is 9.85 Å². The van der Waals surface area contributed by atoms with Crippen molar-refractivity contribution in [2.24, 2.45) is 0 Å². The fourth-order valence-corrected chi connectivity index (χ4v) is 1.64. The van der Waals surface area contributed by atoms with Crippen LogP contribution in [0.3, 0.4) is 0 Å². The third-order valence-electron chi connectivity index (χ3n) is 2.27. The third-order valence-corrected chi connectivity index (χ3v) is 2.92. The topological polar surface area (TPSA) is 86.3 Å². The van der Waals surface area contributed by atoms with Gasteiger partial charge in [-0.25, -0.2) is 0 Å². The lowest BCUT2D eigenvalue weighted by molar-refractivity contribution is -0.389. The molecule has 0 saturated heterocycles. The molecule has 0 N–H and O–H groups in total. The number of hydrogen-bond donors (Lipinski definition) is 0. The highest BCUT2D eigenvalue weighted by Gasteiger charge is 2.08. The summed E-state index contributed by atoms with van der Waals surface area (Å²) >= 11 is 3.36. The summed E-state index contributed by atoms with van der Waals surface area (Å²) < 4.78 is 0. The van der Waals surface area contributed by atoms with Crippen molar-refractivity contribution in [2.75, 3.05) is 0 Å². The molecule has 0 saturated carbocycles. The van der Waals surface area contributed by atoms with Gasteiger partial charge < -0.3 is 0 Å². The summed E-state index contributed by atoms with van der Waals surface area (Å²) in [7, 11) is 0. The number of non-ortho nitro benzene ring substituents is 2. The fraction of sp³-hybridized carbons (Fsp3) is 0.0769. The van der Waals surface area contributed by atoms with Crippen molar-refractivity contribution in [2.45, 2.75) is 5.33 Å². The van der Waals surface area contributed by atoms with Crippen LogP contribution in [0.2, 0.25) is 0 Å². The molecule has 6 nitrogen and oxygen atoms in total. The highest BCUT2D eigenvalue weighted by atomic mass is 79.9. The number of nitrogens with zero attached hydrogens (tertiary/aromatic N) is 2. The second-order valence-corrected chi connectivity index (χ2v) is 4.21. The molecule has 0 atom stereocenters. The summed E-state index contributed by atoms with van der Waals surface area (Å²) in [6, 6.07) is 14.7. The Hall–Kier alpha value is -2.28. The van der Waals surface area contributed by atoms with Crippen LogP contribution in [-0.2, 0) is 5.33 Å². The van der Waals surface area contributed by atoms with E-state index in [1.54, 1.807) is 0 Å². The zero-order chi connectivity index (χ0) is 15.0. The maximum atomic E-state index is 10.1. The van der Waals surface area contributed by atoms with Crippen LogP contribution in [0, 0.1) is 20.2 Å². The number of hydrogen-bond acceptors (Lipinski definition) is 4. The lowest BCUT2D eigenvalue weighted by Crippen LogP contribution is -1.90. The second kappa shape index (κ2) is 8.00. The maximum absolute atomic E-state index is 10.1. The van der Waals surface area contributed by atoms with Gasteiger partial charge in [0.15, 0.2) is 0 Å². The molecule has 0 bridgehead atoms. The standard InChI is InChI=1S/C7H7Br.C6H4N2O4/c8-6-7-4-2-1-3-5-7;9-7(10)5-1-2-6(4-3-5)8(11)12/h1-5H,6H2;1-4H. The van der Waals surface area contributed by atoms with Gasteiger partial charge >= 0.3 is 0 Å². The maximum Gasteiger partial charge on any atom is 0.269 e. The van der Waals surface area contributed by atoms with E-state index in [9.17, 15) is 20.2 Å². The zero-order valence-electron chi connectivity index (χ0n) is 10.3. The van der Waals surface area contributed by atoms with Gasteiger partial charge in [-0.3, -0.25) is 20.2 Å². The number of alkyl halides is 1. The molecule has 20 heavy (non-hydrogen) atoms. The normalized spacial score (nSPS) is 9.25. The summed E-state index contributed by atoms with van der Waals surface area (Å²) in [6.45, 7) is 0. The Morgan fingerprint density at radius 2 is 1.20 bits per heavy atom. The van der Waals surface area contributed by atoms with Gasteiger partial charge in [-0.2, -0.15) is 0 Å². The van der Waals surface area contributed by atoms with Crippen LogP contribution in [0.15, 0.2) is 54.6 Å². The monoisotopic (exact) mass is 338 g/mol. The Morgan fingerprint density at radius 1 is 0.800 bits per heavy atom. The summed E-state index contributed by atoms with van der Waals surface area (Å²) in [5, 5.41) is 21.2. The van der Waals surface area contributed by atoms with E-state index < -0.39 is 9.85 Å². The van der Waals surface area contributed by atoms with Gasteiger partial charge in [-0.1, -0.05) is 46.3 Å². The Bertz CT molecular complexity index is 540. The number of benzene rings is 2. The summed E-state index contributed by atoms with van der Waals surface area (Å²) in [4.78, 5) is 19.0. The third kappa shape index (κ3) is 5.15. The van der Waals surface area contributed by atoms with Crippen LogP contribution in [0.4, 0.5) is 11.4 Å². The van der Waals surface area contributed by atoms with Crippen molar-refractivity contribution in [1.29, 1.82) is 0 Å². The van der Waals surface area contributed by atoms with E-state index in [1.165, 1.54) is 5.56 Å². The Kier molecular flexibility index (Phi) is 6.31. The molecule has 0 radical (unpaired) electrons. The average molecular weight is 339 g/mol. The van der Waals surface area contributed by atoms with Crippen LogP contribution in [0.1, 0.15) is 5.56 Å². The van der Waals surface area contributed by atoms with E-state index in [-0.39, 0.29) is 11.4 Å². The molecule has 0 aliphatic carbocycles. The van der Waals surface area contributed by atoms with Crippen molar-refractivity contribution in [3.63, 3.8) is 0 Å². The predicted molar refractivity (Wildman–Crippen MR) is 78.8 cm³/mol. The lowest BCUT2D eigenvalue weighted by Gasteiger charge is -1.90. The first kappa shape index (κ1) is 15.8. The smallest absolute Gasteiger partial charge is 0.258 e. The molecule has 104 valence electrons. The van der Waals surface area contributed by atoms with Crippen LogP contribution in [-0.4, -0.2) is 9.85 Å². The van der Waals surface area contributed by atoms with Crippen molar-refractivity contribution in [3.05, 3.63) is 80.4 Å². The molecule has 0 spiro atoms. The highest BCUT2D eigenvalue weighted by Crippen LogP contribution is 2.16. The zero-order valence-corrected chi connectivity index (χ0v) is 11.9. The SMILES string of the molecule is BrCc1ccccc1.O=[N+]([O-])c1ccc([N+](=O)[O-])cc1. The highest BCUT2D eigenvalue weighted by molar-refractivity contribution is 9.08. The van der Waals surface area contributed by atoms with Gasteiger partial charge in [0, 0.05) is 29.6 Å². The van der Waals surface area contributed by atoms with Crippen molar-refractivity contribution >= 4 is 27.3 Å². The van der Waals surface area contributed by atoms with E-state index in [0.29, 0.717) is 0 Å². The van der Waals surface area contributed by atoms with Gasteiger partial charge in [0.05, 0.1) is 9.85 Å².